The van der Waals surface area contributed by atoms with E-state index in [-0.39, 0.29) is 5.91 Å². The molecule has 1 saturated heterocycles. The number of nitrogens with zero attached hydrogens (tertiary/aromatic N) is 1. The molecule has 4 rings (SSSR count). The minimum absolute atomic E-state index is 0.156. The van der Waals surface area contributed by atoms with Gasteiger partial charge in [0.25, 0.3) is 5.91 Å². The number of amides is 1. The van der Waals surface area contributed by atoms with Crippen LogP contribution in [0.3, 0.4) is 0 Å². The highest BCUT2D eigenvalue weighted by Gasteiger charge is 2.33. The maximum absolute atomic E-state index is 12.9. The summed E-state index contributed by atoms with van der Waals surface area (Å²) >= 11 is 6.69. The van der Waals surface area contributed by atoms with E-state index in [0.29, 0.717) is 21.6 Å². The van der Waals surface area contributed by atoms with Crippen LogP contribution in [-0.4, -0.2) is 16.8 Å². The third kappa shape index (κ3) is 3.74. The van der Waals surface area contributed by atoms with Gasteiger partial charge in [0, 0.05) is 11.6 Å². The summed E-state index contributed by atoms with van der Waals surface area (Å²) in [5, 5.41) is 0. The second-order valence-corrected chi connectivity index (χ2v) is 7.69. The highest BCUT2D eigenvalue weighted by atomic mass is 32.2. The number of benzene rings is 2. The van der Waals surface area contributed by atoms with E-state index in [1.165, 1.54) is 16.7 Å². The summed E-state index contributed by atoms with van der Waals surface area (Å²) in [6, 6.07) is 20.9. The molecule has 2 heterocycles. The minimum Gasteiger partial charge on any atom is -0.494 e. The fraction of sp³-hybridized carbons (Fsp3) is 0.0909. The molecule has 2 aromatic carbocycles. The number of furan rings is 1. The van der Waals surface area contributed by atoms with Crippen LogP contribution < -0.4 is 9.64 Å². The van der Waals surface area contributed by atoms with Crippen molar-refractivity contribution in [1.29, 1.82) is 0 Å². The zero-order chi connectivity index (χ0) is 19.5. The number of carbonyl (C=O) groups excluding carboxylic acids is 1. The highest BCUT2D eigenvalue weighted by Crippen LogP contribution is 2.37. The van der Waals surface area contributed by atoms with Crippen LogP contribution in [0.5, 0.6) is 5.75 Å². The maximum atomic E-state index is 12.9. The molecular weight excluding hydrogens is 390 g/mol. The van der Waals surface area contributed by atoms with Crippen LogP contribution >= 0.6 is 24.0 Å². The van der Waals surface area contributed by atoms with Crippen molar-refractivity contribution in [3.8, 4) is 17.1 Å². The number of anilines is 1. The van der Waals surface area contributed by atoms with Gasteiger partial charge in [0.05, 0.1) is 17.2 Å². The number of hydrogen-bond acceptors (Lipinski definition) is 5. The summed E-state index contributed by atoms with van der Waals surface area (Å²) in [4.78, 5) is 14.9. The summed E-state index contributed by atoms with van der Waals surface area (Å²) in [5.74, 6) is 1.98. The van der Waals surface area contributed by atoms with E-state index in [4.69, 9.17) is 21.4 Å². The smallest absolute Gasteiger partial charge is 0.270 e. The summed E-state index contributed by atoms with van der Waals surface area (Å²) in [5.41, 5.74) is 1.71. The van der Waals surface area contributed by atoms with Gasteiger partial charge < -0.3 is 9.15 Å². The Morgan fingerprint density at radius 2 is 1.82 bits per heavy atom. The van der Waals surface area contributed by atoms with Crippen molar-refractivity contribution in [2.45, 2.75) is 6.92 Å². The second kappa shape index (κ2) is 8.04. The summed E-state index contributed by atoms with van der Waals surface area (Å²) in [6.45, 7) is 2.52. The van der Waals surface area contributed by atoms with E-state index in [1.807, 2.05) is 73.7 Å². The van der Waals surface area contributed by atoms with E-state index in [9.17, 15) is 4.79 Å². The van der Waals surface area contributed by atoms with Gasteiger partial charge in [-0.25, -0.2) is 0 Å². The largest absolute Gasteiger partial charge is 0.494 e. The number of rotatable bonds is 5. The molecule has 1 aliphatic heterocycles. The molecule has 4 nitrogen and oxygen atoms in total. The highest BCUT2D eigenvalue weighted by molar-refractivity contribution is 8.27. The molecule has 1 aromatic heterocycles. The van der Waals surface area contributed by atoms with Crippen LogP contribution in [0.4, 0.5) is 5.69 Å². The fourth-order valence-electron chi connectivity index (χ4n) is 2.87. The molecular formula is C22H17NO3S2. The van der Waals surface area contributed by atoms with Gasteiger partial charge in [0.1, 0.15) is 17.3 Å². The Bertz CT molecular complexity index is 1040. The van der Waals surface area contributed by atoms with Crippen molar-refractivity contribution in [3.05, 3.63) is 77.4 Å². The van der Waals surface area contributed by atoms with Crippen LogP contribution in [0, 0.1) is 0 Å². The van der Waals surface area contributed by atoms with Gasteiger partial charge in [-0.1, -0.05) is 54.3 Å². The molecule has 3 aromatic rings. The van der Waals surface area contributed by atoms with E-state index in [1.54, 1.807) is 6.08 Å². The Labute approximate surface area is 172 Å². The Hall–Kier alpha value is -2.83. The molecule has 1 fully saturated rings. The number of ether oxygens (including phenoxy) is 1. The number of hydrogen-bond donors (Lipinski definition) is 0. The van der Waals surface area contributed by atoms with Crippen molar-refractivity contribution >= 4 is 46.0 Å². The van der Waals surface area contributed by atoms with Crippen molar-refractivity contribution in [1.82, 2.24) is 0 Å². The third-order valence-corrected chi connectivity index (χ3v) is 5.46. The van der Waals surface area contributed by atoms with E-state index in [2.05, 4.69) is 0 Å². The first kappa shape index (κ1) is 18.5. The summed E-state index contributed by atoms with van der Waals surface area (Å²) in [6.07, 6.45) is 1.74. The van der Waals surface area contributed by atoms with Gasteiger partial charge in [-0.15, -0.1) is 0 Å². The molecule has 1 amide bonds. The maximum Gasteiger partial charge on any atom is 0.270 e. The van der Waals surface area contributed by atoms with Crippen LogP contribution in [-0.2, 0) is 4.79 Å². The lowest BCUT2D eigenvalue weighted by Crippen LogP contribution is -2.27. The topological polar surface area (TPSA) is 42.7 Å². The first-order valence-electron chi connectivity index (χ1n) is 8.82. The molecule has 0 atom stereocenters. The minimum atomic E-state index is -0.156. The van der Waals surface area contributed by atoms with Crippen LogP contribution in [0.15, 0.2) is 76.1 Å². The molecule has 0 N–H and O–H groups in total. The van der Waals surface area contributed by atoms with Gasteiger partial charge in [-0.05, 0) is 43.3 Å². The predicted molar refractivity (Wildman–Crippen MR) is 117 cm³/mol. The average molecular weight is 408 g/mol. The molecule has 6 heteroatoms. The number of thioether (sulfide) groups is 1. The van der Waals surface area contributed by atoms with Crippen molar-refractivity contribution in [2.24, 2.45) is 0 Å². The van der Waals surface area contributed by atoms with Crippen LogP contribution in [0.1, 0.15) is 12.7 Å². The lowest BCUT2D eigenvalue weighted by Gasteiger charge is -2.15. The lowest BCUT2D eigenvalue weighted by atomic mass is 10.2. The van der Waals surface area contributed by atoms with Crippen molar-refractivity contribution < 1.29 is 13.9 Å². The fourth-order valence-corrected chi connectivity index (χ4v) is 4.14. The molecule has 0 spiro atoms. The Morgan fingerprint density at radius 1 is 1.07 bits per heavy atom. The summed E-state index contributed by atoms with van der Waals surface area (Å²) < 4.78 is 11.8. The quantitative estimate of drug-likeness (QED) is 0.398. The summed E-state index contributed by atoms with van der Waals surface area (Å²) in [7, 11) is 0. The van der Waals surface area contributed by atoms with Crippen LogP contribution in [0.25, 0.3) is 17.4 Å². The van der Waals surface area contributed by atoms with Gasteiger partial charge in [-0.2, -0.15) is 0 Å². The van der Waals surface area contributed by atoms with Crippen molar-refractivity contribution in [2.75, 3.05) is 11.5 Å². The SMILES string of the molecule is CCOc1ccc(N2C(=O)C(=Cc3ccc(-c4ccccc4)o3)SC2=S)cc1. The molecule has 0 unspecified atom stereocenters. The third-order valence-electron chi connectivity index (χ3n) is 4.16. The molecule has 0 aliphatic carbocycles. The van der Waals surface area contributed by atoms with Gasteiger partial charge in [0.2, 0.25) is 0 Å². The Kier molecular flexibility index (Phi) is 5.32. The first-order chi connectivity index (χ1) is 13.7. The second-order valence-electron chi connectivity index (χ2n) is 6.01. The first-order valence-corrected chi connectivity index (χ1v) is 10.0. The molecule has 28 heavy (non-hydrogen) atoms. The van der Waals surface area contributed by atoms with E-state index >= 15 is 0 Å². The number of thiocarbonyl (C=S) groups is 1. The predicted octanol–water partition coefficient (Wildman–Crippen LogP) is 5.75. The lowest BCUT2D eigenvalue weighted by molar-refractivity contribution is -0.113. The van der Waals surface area contributed by atoms with E-state index in [0.717, 1.165) is 22.8 Å². The van der Waals surface area contributed by atoms with E-state index < -0.39 is 0 Å². The van der Waals surface area contributed by atoms with Gasteiger partial charge in [-0.3, -0.25) is 9.69 Å². The zero-order valence-corrected chi connectivity index (χ0v) is 16.8. The van der Waals surface area contributed by atoms with Gasteiger partial charge >= 0.3 is 0 Å². The van der Waals surface area contributed by atoms with Crippen LogP contribution in [0.2, 0.25) is 0 Å². The Morgan fingerprint density at radius 3 is 2.54 bits per heavy atom. The molecule has 0 bridgehead atoms. The zero-order valence-electron chi connectivity index (χ0n) is 15.1. The van der Waals surface area contributed by atoms with Gasteiger partial charge in [0.15, 0.2) is 4.32 Å². The van der Waals surface area contributed by atoms with Crippen molar-refractivity contribution in [3.63, 3.8) is 0 Å². The molecule has 140 valence electrons. The standard InChI is InChI=1S/C22H17NO3S2/c1-2-25-17-10-8-16(9-11-17)23-21(24)20(28-22(23)27)14-18-12-13-19(26-18)15-6-4-3-5-7-15/h3-14H,2H2,1H3. The Balaban J connectivity index is 1.56. The molecule has 0 radical (unpaired) electrons. The average Bonchev–Trinajstić information content (AvgIpc) is 3.29. The molecule has 1 aliphatic rings. The number of carbonyl (C=O) groups is 1. The molecule has 0 saturated carbocycles. The normalized spacial score (nSPS) is 15.5. The monoisotopic (exact) mass is 407 g/mol.